The second-order valence-corrected chi connectivity index (χ2v) is 9.36. The zero-order valence-electron chi connectivity index (χ0n) is 21.3. The van der Waals surface area contributed by atoms with E-state index in [-0.39, 0.29) is 29.6 Å². The Bertz CT molecular complexity index is 1800. The number of hydrogen-bond acceptors (Lipinski definition) is 7. The number of hydrogen-bond donors (Lipinski definition) is 2. The number of anilines is 1. The zero-order chi connectivity index (χ0) is 30.0. The number of pyridine rings is 1. The van der Waals surface area contributed by atoms with E-state index >= 15 is 0 Å². The summed E-state index contributed by atoms with van der Waals surface area (Å²) in [6.07, 6.45) is -5.26. The van der Waals surface area contributed by atoms with Gasteiger partial charge in [-0.05, 0) is 42.5 Å². The molecular weight excluding hydrogens is 581 g/mol. The standard InChI is InChI=1S/C26H20ClF3N8O4/c27-17-10-8-16(9-11-17)23-34-36(25(41)35(23)13-20(39)26(28,29)30)14-21-31-15-37(33-21)19-6-2-1-5-18(19)24(40)32-22-7-3-4-12-38(22)42/h1-12,15,20,39H,13-14H2,(H,32,40)/t20-/m0/s1. The van der Waals surface area contributed by atoms with E-state index in [1.165, 1.54) is 59.7 Å². The van der Waals surface area contributed by atoms with Gasteiger partial charge in [-0.1, -0.05) is 29.8 Å². The molecule has 2 aromatic carbocycles. The van der Waals surface area contributed by atoms with Gasteiger partial charge < -0.3 is 10.3 Å². The van der Waals surface area contributed by atoms with Gasteiger partial charge in [0.25, 0.3) is 5.82 Å². The third kappa shape index (κ3) is 6.01. The van der Waals surface area contributed by atoms with E-state index in [0.717, 1.165) is 4.68 Å². The first-order chi connectivity index (χ1) is 20.0. The number of nitrogens with zero attached hydrogens (tertiary/aromatic N) is 7. The second-order valence-electron chi connectivity index (χ2n) is 8.93. The zero-order valence-corrected chi connectivity index (χ0v) is 22.1. The molecule has 216 valence electrons. The Morgan fingerprint density at radius 2 is 1.79 bits per heavy atom. The molecule has 2 N–H and O–H groups in total. The van der Waals surface area contributed by atoms with Gasteiger partial charge in [0.1, 0.15) is 12.9 Å². The Balaban J connectivity index is 1.45. The molecule has 5 aromatic rings. The van der Waals surface area contributed by atoms with E-state index in [9.17, 15) is 33.1 Å². The van der Waals surface area contributed by atoms with Gasteiger partial charge in [-0.3, -0.25) is 4.57 Å². The summed E-state index contributed by atoms with van der Waals surface area (Å²) < 4.78 is 42.7. The van der Waals surface area contributed by atoms with Crippen molar-refractivity contribution in [2.45, 2.75) is 25.4 Å². The number of rotatable bonds is 8. The molecule has 12 nitrogen and oxygen atoms in total. The summed E-state index contributed by atoms with van der Waals surface area (Å²) in [5.41, 5.74) is -0.186. The van der Waals surface area contributed by atoms with Crippen molar-refractivity contribution < 1.29 is 27.8 Å². The first kappa shape index (κ1) is 28.5. The maximum Gasteiger partial charge on any atom is 0.416 e. The molecule has 0 radical (unpaired) electrons. The highest BCUT2D eigenvalue weighted by molar-refractivity contribution is 6.30. The molecule has 0 saturated heterocycles. The molecule has 0 unspecified atom stereocenters. The van der Waals surface area contributed by atoms with Crippen LogP contribution in [-0.2, 0) is 13.1 Å². The monoisotopic (exact) mass is 600 g/mol. The smallest absolute Gasteiger partial charge is 0.416 e. The van der Waals surface area contributed by atoms with Crippen molar-refractivity contribution in [1.29, 1.82) is 0 Å². The lowest BCUT2D eigenvalue weighted by Crippen LogP contribution is -2.37. The summed E-state index contributed by atoms with van der Waals surface area (Å²) >= 11 is 5.92. The fraction of sp³-hybridized carbons (Fsp3) is 0.154. The molecule has 0 saturated carbocycles. The molecule has 1 atom stereocenters. The summed E-state index contributed by atoms with van der Waals surface area (Å²) in [6.45, 7) is -1.43. The van der Waals surface area contributed by atoms with Crippen LogP contribution >= 0.6 is 11.6 Å². The van der Waals surface area contributed by atoms with Gasteiger partial charge in [0.05, 0.1) is 24.0 Å². The predicted octanol–water partition coefficient (Wildman–Crippen LogP) is 2.80. The van der Waals surface area contributed by atoms with Gasteiger partial charge in [-0.15, -0.1) is 10.2 Å². The van der Waals surface area contributed by atoms with E-state index in [1.54, 1.807) is 24.3 Å². The molecule has 42 heavy (non-hydrogen) atoms. The third-order valence-corrected chi connectivity index (χ3v) is 6.30. The Kier molecular flexibility index (Phi) is 7.78. The molecular formula is C26H20ClF3N8O4. The maximum atomic E-state index is 13.1. The number of carbonyl (C=O) groups excluding carboxylic acids is 1. The molecule has 0 bridgehead atoms. The van der Waals surface area contributed by atoms with Gasteiger partial charge in [0, 0.05) is 16.7 Å². The van der Waals surface area contributed by atoms with Crippen LogP contribution in [-0.4, -0.2) is 52.4 Å². The normalized spacial score (nSPS) is 12.3. The molecule has 0 aliphatic rings. The van der Waals surface area contributed by atoms with Crippen LogP contribution in [0.3, 0.4) is 0 Å². The minimum absolute atomic E-state index is 0.0127. The predicted molar refractivity (Wildman–Crippen MR) is 143 cm³/mol. The quantitative estimate of drug-likeness (QED) is 0.206. The van der Waals surface area contributed by atoms with Crippen molar-refractivity contribution in [3.05, 3.63) is 111 Å². The topological polar surface area (TPSA) is 147 Å². The van der Waals surface area contributed by atoms with E-state index in [4.69, 9.17) is 11.6 Å². The molecule has 0 spiro atoms. The van der Waals surface area contributed by atoms with Gasteiger partial charge in [-0.25, -0.2) is 34.0 Å². The molecule has 0 aliphatic heterocycles. The average Bonchev–Trinajstić information content (AvgIpc) is 3.55. The lowest BCUT2D eigenvalue weighted by atomic mass is 10.1. The van der Waals surface area contributed by atoms with Crippen molar-refractivity contribution in [2.24, 2.45) is 0 Å². The summed E-state index contributed by atoms with van der Waals surface area (Å²) in [7, 11) is 0. The van der Waals surface area contributed by atoms with Gasteiger partial charge in [0.2, 0.25) is 0 Å². The summed E-state index contributed by atoms with van der Waals surface area (Å²) in [4.78, 5) is 30.3. The van der Waals surface area contributed by atoms with Crippen molar-refractivity contribution >= 4 is 23.3 Å². The lowest BCUT2D eigenvalue weighted by molar-refractivity contribution is -0.590. The van der Waals surface area contributed by atoms with Crippen LogP contribution in [0.4, 0.5) is 19.0 Å². The van der Waals surface area contributed by atoms with Crippen LogP contribution in [0.25, 0.3) is 17.1 Å². The summed E-state index contributed by atoms with van der Waals surface area (Å²) in [6, 6.07) is 16.8. The van der Waals surface area contributed by atoms with Crippen LogP contribution in [0.15, 0.2) is 84.0 Å². The Morgan fingerprint density at radius 3 is 2.50 bits per heavy atom. The number of nitrogens with one attached hydrogen (secondary N) is 1. The largest absolute Gasteiger partial charge is 0.711 e. The number of halogens is 4. The molecule has 0 fully saturated rings. The van der Waals surface area contributed by atoms with Crippen LogP contribution < -0.4 is 15.7 Å². The minimum atomic E-state index is -4.97. The molecule has 3 heterocycles. The molecule has 16 heteroatoms. The van der Waals surface area contributed by atoms with Crippen LogP contribution in [0, 0.1) is 5.21 Å². The number of para-hydroxylation sites is 1. The highest BCUT2D eigenvalue weighted by Crippen LogP contribution is 2.24. The van der Waals surface area contributed by atoms with Gasteiger partial charge in [-0.2, -0.15) is 13.2 Å². The molecule has 1 amide bonds. The van der Waals surface area contributed by atoms with Gasteiger partial charge in [0.15, 0.2) is 17.8 Å². The van der Waals surface area contributed by atoms with Crippen LogP contribution in [0.5, 0.6) is 0 Å². The van der Waals surface area contributed by atoms with E-state index in [2.05, 4.69) is 20.5 Å². The SMILES string of the molecule is O=C(Nc1cccc[n+]1[O-])c1ccccc1-n1cnc(Cn2nc(-c3ccc(Cl)cc3)n(C[C@H](O)C(F)(F)F)c2=O)n1. The van der Waals surface area contributed by atoms with Crippen molar-refractivity contribution in [3.63, 3.8) is 0 Å². The maximum absolute atomic E-state index is 13.1. The van der Waals surface area contributed by atoms with E-state index in [1.807, 2.05) is 0 Å². The lowest BCUT2D eigenvalue weighted by Gasteiger charge is -2.15. The fourth-order valence-corrected chi connectivity index (χ4v) is 4.12. The second kappa shape index (κ2) is 11.5. The number of carbonyl (C=O) groups is 1. The number of benzene rings is 2. The first-order valence-corrected chi connectivity index (χ1v) is 12.6. The number of aliphatic hydroxyl groups is 1. The van der Waals surface area contributed by atoms with Gasteiger partial charge >= 0.3 is 17.8 Å². The Hall–Kier alpha value is -5.02. The molecule has 5 rings (SSSR count). The first-order valence-electron chi connectivity index (χ1n) is 12.2. The van der Waals surface area contributed by atoms with E-state index < -0.39 is 30.4 Å². The number of aliphatic hydroxyl groups excluding tert-OH is 1. The fourth-order valence-electron chi connectivity index (χ4n) is 3.99. The number of aromatic nitrogens is 7. The average molecular weight is 601 g/mol. The van der Waals surface area contributed by atoms with E-state index in [0.29, 0.717) is 25.6 Å². The summed E-state index contributed by atoms with van der Waals surface area (Å²) in [5.74, 6) is -0.655. The van der Waals surface area contributed by atoms with Crippen molar-refractivity contribution in [1.82, 2.24) is 29.1 Å². The van der Waals surface area contributed by atoms with Crippen LogP contribution in [0.2, 0.25) is 5.02 Å². The minimum Gasteiger partial charge on any atom is -0.711 e. The Labute approximate surface area is 239 Å². The summed E-state index contributed by atoms with van der Waals surface area (Å²) in [5, 5.41) is 33.0. The van der Waals surface area contributed by atoms with Crippen molar-refractivity contribution in [3.8, 4) is 17.1 Å². The molecule has 3 aromatic heterocycles. The highest BCUT2D eigenvalue weighted by atomic mass is 35.5. The number of alkyl halides is 3. The Morgan fingerprint density at radius 1 is 1.07 bits per heavy atom. The van der Waals surface area contributed by atoms with Crippen molar-refractivity contribution in [2.75, 3.05) is 5.32 Å². The number of amides is 1. The van der Waals surface area contributed by atoms with Crippen LogP contribution in [0.1, 0.15) is 16.2 Å². The molecule has 0 aliphatic carbocycles. The third-order valence-electron chi connectivity index (χ3n) is 6.05. The highest BCUT2D eigenvalue weighted by Gasteiger charge is 2.39.